The highest BCUT2D eigenvalue weighted by atomic mass is 32.1. The lowest BCUT2D eigenvalue weighted by Crippen LogP contribution is -2.54. The van der Waals surface area contributed by atoms with Gasteiger partial charge in [0.15, 0.2) is 11.6 Å². The van der Waals surface area contributed by atoms with Gasteiger partial charge in [-0.1, -0.05) is 44.0 Å². The standard InChI is InChI=1S/C26H29FN4O3S/c1-2-17-11-13-18(14-12-17)28-26(33)31-21-9-5-4-8-20(21)30-25(32)22-16-35-24(29-22)15-34-23-10-6-3-7-19(23)27/h3,6-7,10-14,16,20-21H,2,4-5,8-9,15H2,1H3,(H,30,32)(H2,28,31,33)/t20-,21-/m0/s1. The van der Waals surface area contributed by atoms with Crippen molar-refractivity contribution in [1.29, 1.82) is 0 Å². The minimum atomic E-state index is -0.445. The van der Waals surface area contributed by atoms with Crippen LogP contribution in [-0.4, -0.2) is 29.0 Å². The molecule has 3 aromatic rings. The van der Waals surface area contributed by atoms with E-state index in [0.717, 1.165) is 37.8 Å². The van der Waals surface area contributed by atoms with Crippen molar-refractivity contribution in [2.75, 3.05) is 5.32 Å². The zero-order valence-electron chi connectivity index (χ0n) is 19.6. The minimum absolute atomic E-state index is 0.0753. The van der Waals surface area contributed by atoms with Gasteiger partial charge in [0.1, 0.15) is 17.3 Å². The Morgan fingerprint density at radius 1 is 1.06 bits per heavy atom. The fraction of sp³-hybridized carbons (Fsp3) is 0.346. The first-order valence-corrected chi connectivity index (χ1v) is 12.7. The van der Waals surface area contributed by atoms with Crippen LogP contribution in [0.15, 0.2) is 53.9 Å². The largest absolute Gasteiger partial charge is 0.483 e. The van der Waals surface area contributed by atoms with Crippen LogP contribution in [0.4, 0.5) is 14.9 Å². The zero-order valence-corrected chi connectivity index (χ0v) is 20.4. The number of halogens is 1. The molecule has 7 nitrogen and oxygen atoms in total. The minimum Gasteiger partial charge on any atom is -0.483 e. The molecule has 1 heterocycles. The molecule has 1 aromatic heterocycles. The molecule has 3 amide bonds. The molecule has 0 aliphatic heterocycles. The Labute approximate surface area is 208 Å². The average Bonchev–Trinajstić information content (AvgIpc) is 3.34. The maximum atomic E-state index is 13.7. The fourth-order valence-electron chi connectivity index (χ4n) is 4.06. The van der Waals surface area contributed by atoms with E-state index >= 15 is 0 Å². The molecule has 1 aliphatic rings. The summed E-state index contributed by atoms with van der Waals surface area (Å²) in [6, 6.07) is 13.2. The number of benzene rings is 2. The van der Waals surface area contributed by atoms with Gasteiger partial charge in [0.05, 0.1) is 6.04 Å². The molecule has 2 atom stereocenters. The molecule has 1 fully saturated rings. The van der Waals surface area contributed by atoms with Gasteiger partial charge in [-0.25, -0.2) is 14.2 Å². The van der Waals surface area contributed by atoms with Crippen LogP contribution in [0.2, 0.25) is 0 Å². The Morgan fingerprint density at radius 3 is 2.49 bits per heavy atom. The lowest BCUT2D eigenvalue weighted by Gasteiger charge is -2.32. The van der Waals surface area contributed by atoms with Gasteiger partial charge in [0.2, 0.25) is 0 Å². The van der Waals surface area contributed by atoms with Gasteiger partial charge >= 0.3 is 6.03 Å². The number of carbonyl (C=O) groups is 2. The molecule has 4 rings (SSSR count). The number of anilines is 1. The first-order chi connectivity index (χ1) is 17.0. The summed E-state index contributed by atoms with van der Waals surface area (Å²) in [5.41, 5.74) is 2.21. The van der Waals surface area contributed by atoms with Gasteiger partial charge in [-0.2, -0.15) is 0 Å². The molecule has 0 spiro atoms. The van der Waals surface area contributed by atoms with Crippen LogP contribution in [-0.2, 0) is 13.0 Å². The summed E-state index contributed by atoms with van der Waals surface area (Å²) >= 11 is 1.28. The summed E-state index contributed by atoms with van der Waals surface area (Å²) in [4.78, 5) is 29.7. The number of hydrogen-bond acceptors (Lipinski definition) is 5. The number of amides is 3. The molecule has 1 aliphatic carbocycles. The van der Waals surface area contributed by atoms with Crippen LogP contribution in [0, 0.1) is 5.82 Å². The number of urea groups is 1. The molecule has 0 saturated heterocycles. The second kappa shape index (κ2) is 11.8. The molecule has 9 heteroatoms. The average molecular weight is 497 g/mol. The Bertz CT molecular complexity index is 1150. The number of ether oxygens (including phenoxy) is 1. The number of nitrogens with one attached hydrogen (secondary N) is 3. The van der Waals surface area contributed by atoms with E-state index in [1.807, 2.05) is 24.3 Å². The van der Waals surface area contributed by atoms with E-state index < -0.39 is 5.82 Å². The van der Waals surface area contributed by atoms with Crippen LogP contribution in [0.1, 0.15) is 53.7 Å². The van der Waals surface area contributed by atoms with Crippen molar-refractivity contribution in [3.8, 4) is 5.75 Å². The van der Waals surface area contributed by atoms with E-state index in [0.29, 0.717) is 5.01 Å². The number of rotatable bonds is 8. The maximum absolute atomic E-state index is 13.7. The Hall–Kier alpha value is -3.46. The van der Waals surface area contributed by atoms with Gasteiger partial charge in [-0.05, 0) is 49.1 Å². The molecule has 1 saturated carbocycles. The monoisotopic (exact) mass is 496 g/mol. The van der Waals surface area contributed by atoms with Gasteiger partial charge < -0.3 is 20.7 Å². The van der Waals surface area contributed by atoms with E-state index in [9.17, 15) is 14.0 Å². The van der Waals surface area contributed by atoms with E-state index in [4.69, 9.17) is 4.74 Å². The predicted molar refractivity (Wildman–Crippen MR) is 134 cm³/mol. The molecule has 0 unspecified atom stereocenters. The highest BCUT2D eigenvalue weighted by Crippen LogP contribution is 2.21. The van der Waals surface area contributed by atoms with Gasteiger partial charge in [0, 0.05) is 17.1 Å². The number of aromatic nitrogens is 1. The quantitative estimate of drug-likeness (QED) is 0.395. The lowest BCUT2D eigenvalue weighted by molar-refractivity contribution is 0.0911. The number of hydrogen-bond donors (Lipinski definition) is 3. The van der Waals surface area contributed by atoms with Crippen LogP contribution in [0.5, 0.6) is 5.75 Å². The second-order valence-corrected chi connectivity index (χ2v) is 9.41. The van der Waals surface area contributed by atoms with Gasteiger partial charge in [-0.15, -0.1) is 11.3 Å². The first-order valence-electron chi connectivity index (χ1n) is 11.8. The van der Waals surface area contributed by atoms with E-state index in [-0.39, 0.29) is 42.1 Å². The smallest absolute Gasteiger partial charge is 0.319 e. The summed E-state index contributed by atoms with van der Waals surface area (Å²) in [5, 5.41) is 11.1. The molecule has 0 radical (unpaired) electrons. The highest BCUT2D eigenvalue weighted by Gasteiger charge is 2.28. The normalized spacial score (nSPS) is 17.4. The van der Waals surface area contributed by atoms with Crippen LogP contribution < -0.4 is 20.7 Å². The second-order valence-electron chi connectivity index (χ2n) is 8.47. The van der Waals surface area contributed by atoms with E-state index in [1.54, 1.807) is 23.6 Å². The first kappa shape index (κ1) is 24.7. The van der Waals surface area contributed by atoms with E-state index in [1.165, 1.54) is 23.0 Å². The Kier molecular flexibility index (Phi) is 8.31. The van der Waals surface area contributed by atoms with Crippen molar-refractivity contribution in [3.63, 3.8) is 0 Å². The Balaban J connectivity index is 1.31. The number of thiazole rings is 1. The van der Waals surface area contributed by atoms with Crippen molar-refractivity contribution in [3.05, 3.63) is 76.0 Å². The number of para-hydroxylation sites is 1. The molecular formula is C26H29FN4O3S. The van der Waals surface area contributed by atoms with Crippen molar-refractivity contribution in [2.45, 2.75) is 57.7 Å². The van der Waals surface area contributed by atoms with Gasteiger partial charge in [-0.3, -0.25) is 4.79 Å². The predicted octanol–water partition coefficient (Wildman–Crippen LogP) is 5.29. The third kappa shape index (κ3) is 6.79. The van der Waals surface area contributed by atoms with Crippen molar-refractivity contribution in [2.24, 2.45) is 0 Å². The number of nitrogens with zero attached hydrogens (tertiary/aromatic N) is 1. The molecule has 0 bridgehead atoms. The highest BCUT2D eigenvalue weighted by molar-refractivity contribution is 7.09. The lowest BCUT2D eigenvalue weighted by atomic mass is 9.90. The zero-order chi connectivity index (χ0) is 24.6. The van der Waals surface area contributed by atoms with Crippen LogP contribution in [0.3, 0.4) is 0 Å². The molecule has 184 valence electrons. The SMILES string of the molecule is CCc1ccc(NC(=O)N[C@H]2CCCC[C@@H]2NC(=O)c2csc(COc3ccccc3F)n2)cc1. The molecular weight excluding hydrogens is 467 g/mol. The van der Waals surface area contributed by atoms with E-state index in [2.05, 4.69) is 27.9 Å². The summed E-state index contributed by atoms with van der Waals surface area (Å²) in [6.07, 6.45) is 4.45. The molecule has 2 aromatic carbocycles. The maximum Gasteiger partial charge on any atom is 0.319 e. The third-order valence-corrected chi connectivity index (χ3v) is 6.81. The third-order valence-electron chi connectivity index (χ3n) is 5.99. The summed E-state index contributed by atoms with van der Waals surface area (Å²) < 4.78 is 19.2. The molecule has 3 N–H and O–H groups in total. The topological polar surface area (TPSA) is 92.4 Å². The van der Waals surface area contributed by atoms with Crippen LogP contribution in [0.25, 0.3) is 0 Å². The number of aryl methyl sites for hydroxylation is 1. The van der Waals surface area contributed by atoms with Crippen molar-refractivity contribution < 1.29 is 18.7 Å². The van der Waals surface area contributed by atoms with Gasteiger partial charge in [0.25, 0.3) is 5.91 Å². The fourth-order valence-corrected chi connectivity index (χ4v) is 4.75. The summed E-state index contributed by atoms with van der Waals surface area (Å²) in [6.45, 7) is 2.16. The summed E-state index contributed by atoms with van der Waals surface area (Å²) in [7, 11) is 0. The van der Waals surface area contributed by atoms with Crippen LogP contribution >= 0.6 is 11.3 Å². The summed E-state index contributed by atoms with van der Waals surface area (Å²) in [5.74, 6) is -0.600. The molecule has 35 heavy (non-hydrogen) atoms. The van der Waals surface area contributed by atoms with Crippen molar-refractivity contribution >= 4 is 29.0 Å². The Morgan fingerprint density at radius 2 is 1.77 bits per heavy atom. The number of carbonyl (C=O) groups excluding carboxylic acids is 2. The van der Waals surface area contributed by atoms with Crippen molar-refractivity contribution in [1.82, 2.24) is 15.6 Å².